The van der Waals surface area contributed by atoms with Gasteiger partial charge in [0.15, 0.2) is 0 Å². The van der Waals surface area contributed by atoms with Crippen LogP contribution in [0.25, 0.3) is 11.1 Å². The van der Waals surface area contributed by atoms with Crippen LogP contribution in [-0.4, -0.2) is 36.3 Å². The zero-order valence-electron chi connectivity index (χ0n) is 14.7. The standard InChI is InChI=1S/C21H23N3O2/c22-20(25)21(26)23-11-15-7-8-24(13-15)12-14-5-6-19-17(9-14)10-16-3-1-2-4-18(16)19/h1-6,9,15H,7-8,10-13H2,(H2,22,25)(H,23,26)/t15-/m0/s1. The Kier molecular flexibility index (Phi) is 4.47. The van der Waals surface area contributed by atoms with Crippen LogP contribution >= 0.6 is 0 Å². The first kappa shape index (κ1) is 16.8. The summed E-state index contributed by atoms with van der Waals surface area (Å²) in [6, 6.07) is 15.4. The number of hydrogen-bond donors (Lipinski definition) is 2. The molecule has 1 heterocycles. The van der Waals surface area contributed by atoms with Gasteiger partial charge in [-0.15, -0.1) is 0 Å². The molecule has 5 nitrogen and oxygen atoms in total. The Balaban J connectivity index is 1.35. The van der Waals surface area contributed by atoms with E-state index in [0.29, 0.717) is 12.5 Å². The third kappa shape index (κ3) is 3.35. The van der Waals surface area contributed by atoms with Crippen LogP contribution in [0.2, 0.25) is 0 Å². The van der Waals surface area contributed by atoms with Crippen LogP contribution in [0.3, 0.4) is 0 Å². The first-order valence-corrected chi connectivity index (χ1v) is 9.10. The predicted molar refractivity (Wildman–Crippen MR) is 100 cm³/mol. The summed E-state index contributed by atoms with van der Waals surface area (Å²) >= 11 is 0. The van der Waals surface area contributed by atoms with Crippen molar-refractivity contribution in [2.75, 3.05) is 19.6 Å². The third-order valence-electron chi connectivity index (χ3n) is 5.41. The molecule has 1 fully saturated rings. The normalized spacial score (nSPS) is 18.4. The lowest BCUT2D eigenvalue weighted by atomic mass is 10.0. The SMILES string of the molecule is NC(=O)C(=O)NC[C@@H]1CCN(Cc2ccc3c(c2)Cc2ccccc2-3)C1. The monoisotopic (exact) mass is 349 g/mol. The number of nitrogens with zero attached hydrogens (tertiary/aromatic N) is 1. The molecule has 2 aromatic rings. The van der Waals surface area contributed by atoms with E-state index < -0.39 is 11.8 Å². The highest BCUT2D eigenvalue weighted by molar-refractivity contribution is 6.34. The Morgan fingerprint density at radius 3 is 2.77 bits per heavy atom. The van der Waals surface area contributed by atoms with Gasteiger partial charge in [0.1, 0.15) is 0 Å². The number of rotatable bonds is 4. The number of primary amides is 1. The first-order valence-electron chi connectivity index (χ1n) is 9.10. The largest absolute Gasteiger partial charge is 0.361 e. The van der Waals surface area contributed by atoms with Crippen molar-refractivity contribution < 1.29 is 9.59 Å². The number of benzene rings is 2. The van der Waals surface area contributed by atoms with E-state index >= 15 is 0 Å². The van der Waals surface area contributed by atoms with Crippen molar-refractivity contribution in [3.63, 3.8) is 0 Å². The molecule has 0 bridgehead atoms. The fraction of sp³-hybridized carbons (Fsp3) is 0.333. The van der Waals surface area contributed by atoms with Crippen molar-refractivity contribution in [2.24, 2.45) is 11.7 Å². The molecular weight excluding hydrogens is 326 g/mol. The van der Waals surface area contributed by atoms with Crippen LogP contribution in [0.1, 0.15) is 23.1 Å². The molecule has 1 aliphatic carbocycles. The maximum Gasteiger partial charge on any atom is 0.309 e. The van der Waals surface area contributed by atoms with E-state index in [1.807, 2.05) is 0 Å². The molecule has 2 aromatic carbocycles. The van der Waals surface area contributed by atoms with Crippen molar-refractivity contribution in [3.05, 3.63) is 59.2 Å². The molecule has 3 N–H and O–H groups in total. The zero-order chi connectivity index (χ0) is 18.1. The van der Waals surface area contributed by atoms with E-state index in [1.54, 1.807) is 0 Å². The molecule has 2 amide bonds. The van der Waals surface area contributed by atoms with E-state index in [2.05, 4.69) is 52.7 Å². The van der Waals surface area contributed by atoms with E-state index in [0.717, 1.165) is 32.5 Å². The second-order valence-corrected chi connectivity index (χ2v) is 7.29. The van der Waals surface area contributed by atoms with Gasteiger partial charge in [-0.1, -0.05) is 42.5 Å². The minimum atomic E-state index is -0.918. The quantitative estimate of drug-likeness (QED) is 0.704. The van der Waals surface area contributed by atoms with Crippen molar-refractivity contribution in [2.45, 2.75) is 19.4 Å². The molecule has 5 heteroatoms. The molecule has 0 spiro atoms. The number of hydrogen-bond acceptors (Lipinski definition) is 3. The van der Waals surface area contributed by atoms with Crippen LogP contribution in [0, 0.1) is 5.92 Å². The lowest BCUT2D eigenvalue weighted by molar-refractivity contribution is -0.137. The van der Waals surface area contributed by atoms with E-state index in [1.165, 1.54) is 27.8 Å². The fourth-order valence-electron chi connectivity index (χ4n) is 4.10. The maximum absolute atomic E-state index is 11.3. The number of nitrogens with two attached hydrogens (primary N) is 1. The smallest absolute Gasteiger partial charge is 0.309 e. The number of nitrogens with one attached hydrogen (secondary N) is 1. The maximum atomic E-state index is 11.3. The lowest BCUT2D eigenvalue weighted by Gasteiger charge is -2.17. The Hall–Kier alpha value is -2.66. The van der Waals surface area contributed by atoms with Gasteiger partial charge in [0.2, 0.25) is 0 Å². The summed E-state index contributed by atoms with van der Waals surface area (Å²) in [6.07, 6.45) is 2.04. The molecule has 0 unspecified atom stereocenters. The molecule has 134 valence electrons. The average molecular weight is 349 g/mol. The molecule has 26 heavy (non-hydrogen) atoms. The van der Waals surface area contributed by atoms with Gasteiger partial charge in [-0.3, -0.25) is 14.5 Å². The van der Waals surface area contributed by atoms with Gasteiger partial charge in [0.25, 0.3) is 0 Å². The summed E-state index contributed by atoms with van der Waals surface area (Å²) in [7, 11) is 0. The fourth-order valence-corrected chi connectivity index (χ4v) is 4.10. The minimum absolute atomic E-state index is 0.372. The molecule has 0 saturated carbocycles. The second-order valence-electron chi connectivity index (χ2n) is 7.29. The number of likely N-dealkylation sites (tertiary alicyclic amines) is 1. The van der Waals surface area contributed by atoms with E-state index in [-0.39, 0.29) is 0 Å². The molecular formula is C21H23N3O2. The highest BCUT2D eigenvalue weighted by Crippen LogP contribution is 2.37. The summed E-state index contributed by atoms with van der Waals surface area (Å²) in [5, 5.41) is 2.61. The molecule has 1 saturated heterocycles. The van der Waals surface area contributed by atoms with Crippen molar-refractivity contribution >= 4 is 11.8 Å². The number of carbonyl (C=O) groups excluding carboxylic acids is 2. The highest BCUT2D eigenvalue weighted by Gasteiger charge is 2.24. The number of amides is 2. The first-order chi connectivity index (χ1) is 12.6. The summed E-state index contributed by atoms with van der Waals surface area (Å²) in [5.41, 5.74) is 11.8. The van der Waals surface area contributed by atoms with Gasteiger partial charge in [-0.25, -0.2) is 0 Å². The average Bonchev–Trinajstić information content (AvgIpc) is 3.23. The summed E-state index contributed by atoms with van der Waals surface area (Å²) in [6.45, 7) is 3.37. The summed E-state index contributed by atoms with van der Waals surface area (Å²) in [5.74, 6) is -1.24. The van der Waals surface area contributed by atoms with Gasteiger partial charge in [-0.05, 0) is 53.1 Å². The van der Waals surface area contributed by atoms with Crippen molar-refractivity contribution in [3.8, 4) is 11.1 Å². The summed E-state index contributed by atoms with van der Waals surface area (Å²) in [4.78, 5) is 24.5. The van der Waals surface area contributed by atoms with Crippen LogP contribution in [-0.2, 0) is 22.6 Å². The molecule has 0 aromatic heterocycles. The predicted octanol–water partition coefficient (Wildman–Crippen LogP) is 1.68. The molecule has 1 aliphatic heterocycles. The van der Waals surface area contributed by atoms with E-state index in [9.17, 15) is 9.59 Å². The minimum Gasteiger partial charge on any atom is -0.361 e. The van der Waals surface area contributed by atoms with E-state index in [4.69, 9.17) is 5.73 Å². The molecule has 0 radical (unpaired) electrons. The molecule has 1 atom stereocenters. The van der Waals surface area contributed by atoms with Crippen LogP contribution in [0.4, 0.5) is 0 Å². The van der Waals surface area contributed by atoms with Gasteiger partial charge < -0.3 is 11.1 Å². The van der Waals surface area contributed by atoms with Gasteiger partial charge in [-0.2, -0.15) is 0 Å². The second kappa shape index (κ2) is 6.92. The Labute approximate surface area is 153 Å². The van der Waals surface area contributed by atoms with Gasteiger partial charge >= 0.3 is 11.8 Å². The Morgan fingerprint density at radius 2 is 1.92 bits per heavy atom. The van der Waals surface area contributed by atoms with Gasteiger partial charge in [0.05, 0.1) is 0 Å². The number of carbonyl (C=O) groups is 2. The summed E-state index contributed by atoms with van der Waals surface area (Å²) < 4.78 is 0. The van der Waals surface area contributed by atoms with Crippen molar-refractivity contribution in [1.29, 1.82) is 0 Å². The Morgan fingerprint density at radius 1 is 1.12 bits per heavy atom. The van der Waals surface area contributed by atoms with Crippen molar-refractivity contribution in [1.82, 2.24) is 10.2 Å². The van der Waals surface area contributed by atoms with Crippen LogP contribution in [0.5, 0.6) is 0 Å². The van der Waals surface area contributed by atoms with Crippen LogP contribution < -0.4 is 11.1 Å². The Bertz CT molecular complexity index is 862. The molecule has 4 rings (SSSR count). The number of fused-ring (bicyclic) bond motifs is 3. The third-order valence-corrected chi connectivity index (χ3v) is 5.41. The topological polar surface area (TPSA) is 75.4 Å². The highest BCUT2D eigenvalue weighted by atomic mass is 16.2. The lowest BCUT2D eigenvalue weighted by Crippen LogP contribution is -2.39. The molecule has 2 aliphatic rings. The van der Waals surface area contributed by atoms with Crippen LogP contribution in [0.15, 0.2) is 42.5 Å². The zero-order valence-corrected chi connectivity index (χ0v) is 14.7. The van der Waals surface area contributed by atoms with Gasteiger partial charge in [0, 0.05) is 19.6 Å².